The molecule has 1 amide bonds. The third-order valence-electron chi connectivity index (χ3n) is 3.39. The van der Waals surface area contributed by atoms with Gasteiger partial charge in [-0.1, -0.05) is 30.4 Å². The molecule has 118 valence electrons. The van der Waals surface area contributed by atoms with Crippen LogP contribution in [0.3, 0.4) is 0 Å². The fourth-order valence-electron chi connectivity index (χ4n) is 2.29. The number of thiazole rings is 1. The zero-order valence-corrected chi connectivity index (χ0v) is 14.4. The van der Waals surface area contributed by atoms with Crippen LogP contribution in [-0.4, -0.2) is 16.2 Å². The van der Waals surface area contributed by atoms with Gasteiger partial charge in [-0.2, -0.15) is 4.99 Å². The lowest BCUT2D eigenvalue weighted by Gasteiger charge is -2.03. The van der Waals surface area contributed by atoms with Gasteiger partial charge in [-0.15, -0.1) is 11.8 Å². The van der Waals surface area contributed by atoms with E-state index in [-0.39, 0.29) is 11.7 Å². The molecular formula is C17H15FN2OS2. The highest BCUT2D eigenvalue weighted by Gasteiger charge is 2.11. The first-order valence-electron chi connectivity index (χ1n) is 7.16. The Kier molecular flexibility index (Phi) is 4.63. The Labute approximate surface area is 141 Å². The average molecular weight is 346 g/mol. The smallest absolute Gasteiger partial charge is 0.280 e. The SMILES string of the molecule is CCSc1ccccc1C(=O)N=c1sc2cc(F)ccc2n1C. The van der Waals surface area contributed by atoms with E-state index >= 15 is 0 Å². The second-order valence-corrected chi connectivity index (χ2v) is 7.22. The van der Waals surface area contributed by atoms with Crippen molar-refractivity contribution in [2.24, 2.45) is 12.0 Å². The number of amides is 1. The Morgan fingerprint density at radius 2 is 2.09 bits per heavy atom. The van der Waals surface area contributed by atoms with Crippen molar-refractivity contribution < 1.29 is 9.18 Å². The number of halogens is 1. The highest BCUT2D eigenvalue weighted by Crippen LogP contribution is 2.23. The Morgan fingerprint density at radius 1 is 1.30 bits per heavy atom. The number of nitrogens with zero attached hydrogens (tertiary/aromatic N) is 2. The molecule has 0 unspecified atom stereocenters. The molecule has 3 rings (SSSR count). The van der Waals surface area contributed by atoms with Crippen LogP contribution in [0.2, 0.25) is 0 Å². The summed E-state index contributed by atoms with van der Waals surface area (Å²) in [5, 5.41) is 0. The number of thioether (sulfide) groups is 1. The van der Waals surface area contributed by atoms with Crippen LogP contribution in [0.1, 0.15) is 17.3 Å². The third kappa shape index (κ3) is 3.23. The van der Waals surface area contributed by atoms with Gasteiger partial charge < -0.3 is 4.57 Å². The van der Waals surface area contributed by atoms with Gasteiger partial charge in [0.1, 0.15) is 5.82 Å². The largest absolute Gasteiger partial charge is 0.319 e. The summed E-state index contributed by atoms with van der Waals surface area (Å²) in [5.74, 6) is 0.325. The van der Waals surface area contributed by atoms with Gasteiger partial charge in [-0.3, -0.25) is 4.79 Å². The highest BCUT2D eigenvalue weighted by molar-refractivity contribution is 7.99. The first-order chi connectivity index (χ1) is 11.1. The summed E-state index contributed by atoms with van der Waals surface area (Å²) in [6.45, 7) is 2.05. The average Bonchev–Trinajstić information content (AvgIpc) is 2.83. The summed E-state index contributed by atoms with van der Waals surface area (Å²) in [5.41, 5.74) is 1.46. The van der Waals surface area contributed by atoms with Crippen LogP contribution < -0.4 is 4.80 Å². The molecule has 0 spiro atoms. The van der Waals surface area contributed by atoms with Gasteiger partial charge in [0.05, 0.1) is 15.8 Å². The number of carbonyl (C=O) groups excluding carboxylic acids is 1. The van der Waals surface area contributed by atoms with Crippen LogP contribution in [0.25, 0.3) is 10.2 Å². The first-order valence-corrected chi connectivity index (χ1v) is 8.96. The lowest BCUT2D eigenvalue weighted by Crippen LogP contribution is -2.13. The monoisotopic (exact) mass is 346 g/mol. The first kappa shape index (κ1) is 16.0. The molecule has 1 heterocycles. The van der Waals surface area contributed by atoms with Gasteiger partial charge in [0.15, 0.2) is 4.80 Å². The summed E-state index contributed by atoms with van der Waals surface area (Å²) in [7, 11) is 1.83. The van der Waals surface area contributed by atoms with E-state index in [2.05, 4.69) is 4.99 Å². The Bertz CT molecular complexity index is 943. The van der Waals surface area contributed by atoms with E-state index in [4.69, 9.17) is 0 Å². The Hall–Kier alpha value is -1.92. The number of aryl methyl sites for hydroxylation is 1. The number of rotatable bonds is 3. The number of benzene rings is 2. The molecule has 0 aliphatic rings. The maximum absolute atomic E-state index is 13.3. The maximum atomic E-state index is 13.3. The van der Waals surface area contributed by atoms with Crippen LogP contribution in [0.4, 0.5) is 4.39 Å². The van der Waals surface area contributed by atoms with E-state index in [1.54, 1.807) is 23.9 Å². The maximum Gasteiger partial charge on any atom is 0.280 e. The van der Waals surface area contributed by atoms with Crippen molar-refractivity contribution in [2.75, 3.05) is 5.75 Å². The van der Waals surface area contributed by atoms with Gasteiger partial charge in [-0.05, 0) is 36.1 Å². The molecule has 6 heteroatoms. The molecular weight excluding hydrogens is 331 g/mol. The molecule has 2 aromatic carbocycles. The van der Waals surface area contributed by atoms with Crippen LogP contribution in [-0.2, 0) is 7.05 Å². The highest BCUT2D eigenvalue weighted by atomic mass is 32.2. The number of fused-ring (bicyclic) bond motifs is 1. The van der Waals surface area contributed by atoms with E-state index in [1.165, 1.54) is 23.5 Å². The quantitative estimate of drug-likeness (QED) is 0.665. The van der Waals surface area contributed by atoms with Gasteiger partial charge >= 0.3 is 0 Å². The number of hydrogen-bond acceptors (Lipinski definition) is 3. The van der Waals surface area contributed by atoms with Crippen molar-refractivity contribution in [3.8, 4) is 0 Å². The summed E-state index contributed by atoms with van der Waals surface area (Å²) >= 11 is 2.93. The van der Waals surface area contributed by atoms with Gasteiger partial charge in [0.2, 0.25) is 0 Å². The van der Waals surface area contributed by atoms with Crippen LogP contribution in [0, 0.1) is 5.82 Å². The van der Waals surface area contributed by atoms with E-state index in [0.29, 0.717) is 10.4 Å². The molecule has 3 aromatic rings. The van der Waals surface area contributed by atoms with Crippen molar-refractivity contribution in [2.45, 2.75) is 11.8 Å². The predicted molar refractivity (Wildman–Crippen MR) is 93.5 cm³/mol. The predicted octanol–water partition coefficient (Wildman–Crippen LogP) is 4.23. The van der Waals surface area contributed by atoms with Crippen LogP contribution >= 0.6 is 23.1 Å². The lowest BCUT2D eigenvalue weighted by molar-refractivity contribution is 0.0995. The van der Waals surface area contributed by atoms with Crippen molar-refractivity contribution in [3.05, 3.63) is 58.6 Å². The van der Waals surface area contributed by atoms with E-state index in [9.17, 15) is 9.18 Å². The number of aromatic nitrogens is 1. The molecule has 0 saturated carbocycles. The van der Waals surface area contributed by atoms with Gasteiger partial charge in [-0.25, -0.2) is 4.39 Å². The molecule has 0 atom stereocenters. The molecule has 0 aliphatic heterocycles. The lowest BCUT2D eigenvalue weighted by atomic mass is 10.2. The zero-order chi connectivity index (χ0) is 16.4. The minimum atomic E-state index is -0.290. The zero-order valence-electron chi connectivity index (χ0n) is 12.7. The fourth-order valence-corrected chi connectivity index (χ4v) is 4.12. The molecule has 1 aromatic heterocycles. The minimum Gasteiger partial charge on any atom is -0.319 e. The number of carbonyl (C=O) groups is 1. The minimum absolute atomic E-state index is 0.274. The van der Waals surface area contributed by atoms with Crippen LogP contribution in [0.5, 0.6) is 0 Å². The fraction of sp³-hybridized carbons (Fsp3) is 0.176. The molecule has 0 fully saturated rings. The second kappa shape index (κ2) is 6.68. The molecule has 23 heavy (non-hydrogen) atoms. The normalized spacial score (nSPS) is 12.0. The van der Waals surface area contributed by atoms with E-state index < -0.39 is 0 Å². The van der Waals surface area contributed by atoms with Crippen molar-refractivity contribution >= 4 is 39.2 Å². The third-order valence-corrected chi connectivity index (χ3v) is 5.44. The Balaban J connectivity index is 2.08. The molecule has 0 N–H and O–H groups in total. The standard InChI is InChI=1S/C17H15FN2OS2/c1-3-22-14-7-5-4-6-12(14)16(21)19-17-20(2)13-9-8-11(18)10-15(13)23-17/h4-10H,3H2,1-2H3. The van der Waals surface area contributed by atoms with Crippen molar-refractivity contribution in [1.29, 1.82) is 0 Å². The topological polar surface area (TPSA) is 34.4 Å². The van der Waals surface area contributed by atoms with E-state index in [0.717, 1.165) is 20.9 Å². The summed E-state index contributed by atoms with van der Waals surface area (Å²) in [4.78, 5) is 18.3. The molecule has 0 aliphatic carbocycles. The Morgan fingerprint density at radius 3 is 2.87 bits per heavy atom. The number of hydrogen-bond donors (Lipinski definition) is 0. The summed E-state index contributed by atoms with van der Waals surface area (Å²) in [6.07, 6.45) is 0. The summed E-state index contributed by atoms with van der Waals surface area (Å²) < 4.78 is 15.9. The van der Waals surface area contributed by atoms with Crippen molar-refractivity contribution in [3.63, 3.8) is 0 Å². The molecule has 0 bridgehead atoms. The van der Waals surface area contributed by atoms with Gasteiger partial charge in [0.25, 0.3) is 5.91 Å². The van der Waals surface area contributed by atoms with E-state index in [1.807, 2.05) is 36.7 Å². The van der Waals surface area contributed by atoms with Crippen molar-refractivity contribution in [1.82, 2.24) is 4.57 Å². The van der Waals surface area contributed by atoms with Crippen LogP contribution in [0.15, 0.2) is 52.4 Å². The van der Waals surface area contributed by atoms with Gasteiger partial charge in [0, 0.05) is 11.9 Å². The molecule has 0 saturated heterocycles. The second-order valence-electron chi connectivity index (χ2n) is 4.90. The molecule has 0 radical (unpaired) electrons. The molecule has 3 nitrogen and oxygen atoms in total. The summed E-state index contributed by atoms with van der Waals surface area (Å²) in [6, 6.07) is 12.0.